The summed E-state index contributed by atoms with van der Waals surface area (Å²) in [5.41, 5.74) is 1.28. The van der Waals surface area contributed by atoms with Crippen LogP contribution in [0.15, 0.2) is 37.1 Å². The zero-order valence-electron chi connectivity index (χ0n) is 26.1. The summed E-state index contributed by atoms with van der Waals surface area (Å²) in [5.74, 6) is -0.121. The SMILES string of the molecule is C=CC(=O)N1C2CCC1CC(C)(c1nc(OCC34CCCN3CC(F)C4)cc3c(F)c(-c4cc(O)cc(Cl)c4C4CC4)ncc13)C2. The molecule has 6 heterocycles. The second-order valence-corrected chi connectivity index (χ2v) is 14.9. The number of alkyl halides is 1. The van der Waals surface area contributed by atoms with Crippen molar-refractivity contribution in [1.29, 1.82) is 0 Å². The molecule has 5 aliphatic rings. The van der Waals surface area contributed by atoms with Crippen molar-refractivity contribution >= 4 is 28.3 Å². The van der Waals surface area contributed by atoms with Crippen LogP contribution in [-0.2, 0) is 10.2 Å². The van der Waals surface area contributed by atoms with Crippen molar-refractivity contribution < 1.29 is 23.4 Å². The molecule has 3 aromatic rings. The zero-order valence-corrected chi connectivity index (χ0v) is 26.8. The first-order valence-corrected chi connectivity index (χ1v) is 17.0. The first-order valence-electron chi connectivity index (χ1n) is 16.6. The summed E-state index contributed by atoms with van der Waals surface area (Å²) in [4.78, 5) is 26.7. The highest BCUT2D eigenvalue weighted by Gasteiger charge is 2.51. The number of benzene rings is 1. The molecule has 10 heteroatoms. The molecule has 2 aromatic heterocycles. The van der Waals surface area contributed by atoms with E-state index in [0.29, 0.717) is 58.7 Å². The number of hydrogen-bond donors (Lipinski definition) is 1. The van der Waals surface area contributed by atoms with Crippen molar-refractivity contribution in [1.82, 2.24) is 19.8 Å². The molecular weight excluding hydrogens is 610 g/mol. The molecular formula is C36H39ClF2N4O3. The van der Waals surface area contributed by atoms with Crippen LogP contribution in [0.3, 0.4) is 0 Å². The molecule has 46 heavy (non-hydrogen) atoms. The number of ether oxygens (including phenoxy) is 1. The molecule has 242 valence electrons. The smallest absolute Gasteiger partial charge is 0.246 e. The maximum atomic E-state index is 16.9. The average Bonchev–Trinajstić information content (AvgIpc) is 3.62. The Bertz CT molecular complexity index is 1750. The predicted molar refractivity (Wildman–Crippen MR) is 173 cm³/mol. The first kappa shape index (κ1) is 30.1. The molecule has 1 aromatic carbocycles. The Morgan fingerprint density at radius 1 is 1.17 bits per heavy atom. The van der Waals surface area contributed by atoms with Crippen LogP contribution in [0.2, 0.25) is 5.02 Å². The van der Waals surface area contributed by atoms with E-state index in [0.717, 1.165) is 50.6 Å². The molecule has 0 spiro atoms. The summed E-state index contributed by atoms with van der Waals surface area (Å²) in [7, 11) is 0. The number of piperidine rings is 1. The van der Waals surface area contributed by atoms with Crippen LogP contribution in [-0.4, -0.2) is 74.3 Å². The Hall–Kier alpha value is -3.30. The highest BCUT2D eigenvalue weighted by atomic mass is 35.5. The van der Waals surface area contributed by atoms with E-state index >= 15 is 4.39 Å². The van der Waals surface area contributed by atoms with Gasteiger partial charge in [-0.2, -0.15) is 0 Å². The van der Waals surface area contributed by atoms with Crippen LogP contribution >= 0.6 is 11.6 Å². The number of halogens is 3. The third-order valence-electron chi connectivity index (χ3n) is 11.4. The lowest BCUT2D eigenvalue weighted by Crippen LogP contribution is -2.50. The number of rotatable bonds is 7. The van der Waals surface area contributed by atoms with Gasteiger partial charge in [0.1, 0.15) is 24.2 Å². The van der Waals surface area contributed by atoms with Crippen molar-refractivity contribution in [3.05, 3.63) is 59.1 Å². The molecule has 1 N–H and O–H groups in total. The Labute approximate surface area is 272 Å². The molecule has 7 nitrogen and oxygen atoms in total. The highest BCUT2D eigenvalue weighted by molar-refractivity contribution is 6.32. The maximum absolute atomic E-state index is 16.9. The van der Waals surface area contributed by atoms with E-state index in [-0.39, 0.29) is 47.5 Å². The van der Waals surface area contributed by atoms with Crippen molar-refractivity contribution in [3.8, 4) is 22.9 Å². The number of carbonyl (C=O) groups excluding carboxylic acids is 1. The number of phenols is 1. The van der Waals surface area contributed by atoms with Crippen LogP contribution in [0.4, 0.5) is 8.78 Å². The lowest BCUT2D eigenvalue weighted by Gasteiger charge is -2.44. The number of fused-ring (bicyclic) bond motifs is 4. The first-order chi connectivity index (χ1) is 22.1. The Kier molecular flexibility index (Phi) is 7.11. The summed E-state index contributed by atoms with van der Waals surface area (Å²) < 4.78 is 37.9. The number of pyridine rings is 2. The molecule has 5 fully saturated rings. The molecule has 1 amide bonds. The van der Waals surface area contributed by atoms with Crippen molar-refractivity contribution in [2.75, 3.05) is 19.7 Å². The van der Waals surface area contributed by atoms with E-state index in [1.54, 1.807) is 18.3 Å². The molecule has 1 saturated carbocycles. The molecule has 1 aliphatic carbocycles. The van der Waals surface area contributed by atoms with Crippen LogP contribution in [0.1, 0.15) is 81.9 Å². The summed E-state index contributed by atoms with van der Waals surface area (Å²) in [6.07, 6.45) is 9.49. The highest BCUT2D eigenvalue weighted by Crippen LogP contribution is 2.51. The maximum Gasteiger partial charge on any atom is 0.246 e. The molecule has 4 atom stereocenters. The Morgan fingerprint density at radius 3 is 2.65 bits per heavy atom. The fourth-order valence-corrected chi connectivity index (χ4v) is 9.63. The summed E-state index contributed by atoms with van der Waals surface area (Å²) >= 11 is 6.59. The van der Waals surface area contributed by atoms with Crippen molar-refractivity contribution in [2.45, 2.75) is 99.8 Å². The Balaban J connectivity index is 1.25. The number of aromatic nitrogens is 2. The standard InChI is InChI=1S/C36H39ClF2N4O3/c1-3-30(45)43-22-7-8-23(43)16-35(2,15-22)34-27-17-40-33(26-11-24(44)12-28(37)31(26)20-5-6-20)32(39)25(27)13-29(41-34)46-19-36-9-4-10-42(36)18-21(38)14-36/h3,11-13,17,20-23,44H,1,4-10,14-16,18-19H2,2H3. The van der Waals surface area contributed by atoms with Crippen LogP contribution in [0.25, 0.3) is 22.0 Å². The van der Waals surface area contributed by atoms with Gasteiger partial charge in [-0.05, 0) is 87.6 Å². The van der Waals surface area contributed by atoms with E-state index in [1.807, 2.05) is 4.90 Å². The fourth-order valence-electron chi connectivity index (χ4n) is 9.27. The van der Waals surface area contributed by atoms with Crippen LogP contribution in [0, 0.1) is 5.82 Å². The van der Waals surface area contributed by atoms with Crippen LogP contribution in [0.5, 0.6) is 11.6 Å². The monoisotopic (exact) mass is 648 g/mol. The van der Waals surface area contributed by atoms with Gasteiger partial charge in [0.25, 0.3) is 0 Å². The van der Waals surface area contributed by atoms with E-state index in [2.05, 4.69) is 23.4 Å². The molecule has 0 radical (unpaired) electrons. The van der Waals surface area contributed by atoms with Crippen molar-refractivity contribution in [3.63, 3.8) is 0 Å². The summed E-state index contributed by atoms with van der Waals surface area (Å²) in [6, 6.07) is 4.76. The molecule has 4 aliphatic heterocycles. The largest absolute Gasteiger partial charge is 0.508 e. The summed E-state index contributed by atoms with van der Waals surface area (Å²) in [6.45, 7) is 7.40. The van der Waals surface area contributed by atoms with Gasteiger partial charge in [-0.15, -0.1) is 0 Å². The van der Waals surface area contributed by atoms with Gasteiger partial charge in [0.15, 0.2) is 5.82 Å². The predicted octanol–water partition coefficient (Wildman–Crippen LogP) is 7.22. The van der Waals surface area contributed by atoms with Gasteiger partial charge in [-0.25, -0.2) is 13.8 Å². The fraction of sp³-hybridized carbons (Fsp3) is 0.528. The van der Waals surface area contributed by atoms with Gasteiger partial charge < -0.3 is 14.7 Å². The minimum Gasteiger partial charge on any atom is -0.508 e. The normalized spacial score (nSPS) is 30.6. The Morgan fingerprint density at radius 2 is 1.93 bits per heavy atom. The quantitative estimate of drug-likeness (QED) is 0.273. The van der Waals surface area contributed by atoms with Crippen molar-refractivity contribution in [2.24, 2.45) is 0 Å². The minimum atomic E-state index is -0.886. The molecule has 4 saturated heterocycles. The number of amides is 1. The zero-order chi connectivity index (χ0) is 32.0. The van der Waals surface area contributed by atoms with Gasteiger partial charge in [0.2, 0.25) is 11.8 Å². The van der Waals surface area contributed by atoms with E-state index in [9.17, 15) is 14.3 Å². The third kappa shape index (κ3) is 4.79. The molecule has 4 unspecified atom stereocenters. The lowest BCUT2D eigenvalue weighted by atomic mass is 9.72. The van der Waals surface area contributed by atoms with E-state index in [4.69, 9.17) is 21.3 Å². The van der Waals surface area contributed by atoms with Gasteiger partial charge in [-0.3, -0.25) is 14.7 Å². The number of hydrogen-bond acceptors (Lipinski definition) is 6. The van der Waals surface area contributed by atoms with Gasteiger partial charge in [-0.1, -0.05) is 25.1 Å². The number of carbonyl (C=O) groups is 1. The van der Waals surface area contributed by atoms with Gasteiger partial charge >= 0.3 is 0 Å². The second kappa shape index (κ2) is 10.9. The lowest BCUT2D eigenvalue weighted by molar-refractivity contribution is -0.131. The third-order valence-corrected chi connectivity index (χ3v) is 11.7. The summed E-state index contributed by atoms with van der Waals surface area (Å²) in [5, 5.41) is 11.8. The van der Waals surface area contributed by atoms with E-state index < -0.39 is 17.4 Å². The number of phenolic OH excluding ortho intramolecular Hbond substituents is 1. The average molecular weight is 649 g/mol. The molecule has 8 rings (SSSR count). The second-order valence-electron chi connectivity index (χ2n) is 14.5. The van der Waals surface area contributed by atoms with Crippen LogP contribution < -0.4 is 4.74 Å². The van der Waals surface area contributed by atoms with E-state index in [1.165, 1.54) is 12.1 Å². The van der Waals surface area contributed by atoms with Gasteiger partial charge in [0.05, 0.1) is 11.2 Å². The topological polar surface area (TPSA) is 78.8 Å². The minimum absolute atomic E-state index is 0.0363. The number of aromatic hydroxyl groups is 1. The number of nitrogens with zero attached hydrogens (tertiary/aromatic N) is 4. The van der Waals surface area contributed by atoms with Gasteiger partial charge in [0, 0.05) is 64.1 Å². The molecule has 2 bridgehead atoms.